The van der Waals surface area contributed by atoms with Gasteiger partial charge < -0.3 is 13.6 Å². The van der Waals surface area contributed by atoms with Crippen LogP contribution in [0.1, 0.15) is 5.82 Å². The molecule has 3 aromatic rings. The second kappa shape index (κ2) is 11.7. The predicted octanol–water partition coefficient (Wildman–Crippen LogP) is 3.55. The van der Waals surface area contributed by atoms with E-state index in [0.29, 0.717) is 0 Å². The van der Waals surface area contributed by atoms with E-state index in [0.717, 1.165) is 5.52 Å². The molecule has 0 radical (unpaired) electrons. The number of benzene rings is 1. The molecule has 0 unspecified atom stereocenters. The van der Waals surface area contributed by atoms with Crippen LogP contribution < -0.4 is 4.57 Å². The van der Waals surface area contributed by atoms with Gasteiger partial charge in [-0.25, -0.2) is 9.13 Å². The summed E-state index contributed by atoms with van der Waals surface area (Å²) < 4.78 is 18.2. The monoisotopic (exact) mass is 364 g/mol. The highest BCUT2D eigenvalue weighted by Gasteiger charge is 2.01. The first kappa shape index (κ1) is 21.2. The molecule has 0 aliphatic rings. The second-order valence-electron chi connectivity index (χ2n) is 5.03. The van der Waals surface area contributed by atoms with Crippen molar-refractivity contribution in [3.63, 3.8) is 0 Å². The summed E-state index contributed by atoms with van der Waals surface area (Å²) in [6.45, 7) is 2.08. The van der Waals surface area contributed by atoms with Gasteiger partial charge in [-0.05, 0) is 12.1 Å². The summed E-state index contributed by atoms with van der Waals surface area (Å²) in [5.74, 6) is 1.27. The summed E-state index contributed by atoms with van der Waals surface area (Å²) in [5, 5.41) is 1.20. The number of para-hydroxylation sites is 1. The Morgan fingerprint density at radius 2 is 1.60 bits per heavy atom. The first-order valence-corrected chi connectivity index (χ1v) is 8.82. The van der Waals surface area contributed by atoms with Gasteiger partial charge in [0, 0.05) is 39.8 Å². The van der Waals surface area contributed by atoms with Crippen LogP contribution in [0.15, 0.2) is 55.0 Å². The van der Waals surface area contributed by atoms with Crippen LogP contribution in [0.3, 0.4) is 0 Å². The van der Waals surface area contributed by atoms with E-state index in [-0.39, 0.29) is 0 Å². The lowest BCUT2D eigenvalue weighted by Crippen LogP contribution is -2.29. The van der Waals surface area contributed by atoms with Gasteiger partial charge in [0.1, 0.15) is 12.4 Å². The fraction of sp³-hybridized carbons (Fsp3) is 0.333. The van der Waals surface area contributed by atoms with Crippen molar-refractivity contribution in [3.05, 3.63) is 60.8 Å². The van der Waals surface area contributed by atoms with E-state index < -0.39 is 8.60 Å². The van der Waals surface area contributed by atoms with Gasteiger partial charge in [0.05, 0.1) is 19.6 Å². The molecule has 0 atom stereocenters. The third-order valence-corrected chi connectivity index (χ3v) is 4.39. The smallest absolute Gasteiger partial charge is 0.316 e. The van der Waals surface area contributed by atoms with E-state index in [1.165, 1.54) is 11.2 Å². The summed E-state index contributed by atoms with van der Waals surface area (Å²) in [5.41, 5.74) is 1.06. The Morgan fingerprint density at radius 1 is 1.00 bits per heavy atom. The van der Waals surface area contributed by atoms with Gasteiger partial charge in [0.2, 0.25) is 0 Å². The zero-order valence-electron chi connectivity index (χ0n) is 15.7. The lowest BCUT2D eigenvalue weighted by molar-refractivity contribution is -0.677. The summed E-state index contributed by atoms with van der Waals surface area (Å²) in [6, 6.07) is 12.1. The minimum absolute atomic E-state index is 1.05. The average molecular weight is 364 g/mol. The van der Waals surface area contributed by atoms with Crippen molar-refractivity contribution in [2.75, 3.05) is 21.3 Å². The van der Waals surface area contributed by atoms with Crippen LogP contribution in [0.4, 0.5) is 0 Å². The number of hydrogen-bond acceptors (Lipinski definition) is 4. The van der Waals surface area contributed by atoms with E-state index >= 15 is 0 Å². The van der Waals surface area contributed by atoms with Crippen molar-refractivity contribution >= 4 is 19.5 Å². The molecule has 0 saturated carbocycles. The molecule has 3 rings (SSSR count). The molecule has 0 aliphatic carbocycles. The molecule has 25 heavy (non-hydrogen) atoms. The number of pyridine rings is 1. The van der Waals surface area contributed by atoms with E-state index in [1.807, 2.05) is 57.0 Å². The lowest BCUT2D eigenvalue weighted by Gasteiger charge is -2.05. The minimum atomic E-state index is -1.05. The Balaban J connectivity index is 0.000000192. The van der Waals surface area contributed by atoms with Crippen LogP contribution in [-0.4, -0.2) is 30.9 Å². The Morgan fingerprint density at radius 3 is 2.00 bits per heavy atom. The van der Waals surface area contributed by atoms with Gasteiger partial charge in [-0.15, -0.1) is 0 Å². The summed E-state index contributed by atoms with van der Waals surface area (Å²) in [4.78, 5) is 4.18. The zero-order valence-corrected chi connectivity index (χ0v) is 16.6. The van der Waals surface area contributed by atoms with Gasteiger partial charge in [-0.3, -0.25) is 4.98 Å². The molecule has 0 aliphatic heterocycles. The highest BCUT2D eigenvalue weighted by Crippen LogP contribution is 2.35. The number of fused-ring (bicyclic) bond motifs is 1. The SMILES string of the molecule is COP(OC)OC.Cc1n(C)cc[n+]1C.c1ccc2ncccc2c1. The summed E-state index contributed by atoms with van der Waals surface area (Å²) in [7, 11) is 7.64. The molecule has 0 amide bonds. The average Bonchev–Trinajstić information content (AvgIpc) is 2.95. The quantitative estimate of drug-likeness (QED) is 0.527. The highest BCUT2D eigenvalue weighted by atomic mass is 31.2. The molecule has 1 aromatic carbocycles. The molecule has 6 nitrogen and oxygen atoms in total. The van der Waals surface area contributed by atoms with Crippen LogP contribution >= 0.6 is 8.60 Å². The highest BCUT2D eigenvalue weighted by molar-refractivity contribution is 7.41. The lowest BCUT2D eigenvalue weighted by atomic mass is 10.2. The number of hydrogen-bond donors (Lipinski definition) is 0. The number of nitrogens with zero attached hydrogens (tertiary/aromatic N) is 3. The number of rotatable bonds is 3. The van der Waals surface area contributed by atoms with Crippen molar-refractivity contribution < 1.29 is 18.1 Å². The zero-order chi connectivity index (χ0) is 18.7. The van der Waals surface area contributed by atoms with Gasteiger partial charge in [-0.1, -0.05) is 24.3 Å². The maximum Gasteiger partial charge on any atom is 0.331 e. The maximum absolute atomic E-state index is 4.67. The van der Waals surface area contributed by atoms with Crippen molar-refractivity contribution in [3.8, 4) is 0 Å². The van der Waals surface area contributed by atoms with Crippen molar-refractivity contribution in [2.45, 2.75) is 6.92 Å². The van der Waals surface area contributed by atoms with Gasteiger partial charge in [0.15, 0.2) is 0 Å². The Labute approximate surface area is 151 Å². The molecule has 0 saturated heterocycles. The topological polar surface area (TPSA) is 49.4 Å². The fourth-order valence-electron chi connectivity index (χ4n) is 1.90. The van der Waals surface area contributed by atoms with E-state index in [4.69, 9.17) is 0 Å². The van der Waals surface area contributed by atoms with E-state index in [2.05, 4.69) is 46.7 Å². The van der Waals surface area contributed by atoms with Crippen LogP contribution in [-0.2, 0) is 27.7 Å². The molecule has 0 N–H and O–H groups in total. The molecule has 136 valence electrons. The standard InChI is InChI=1S/C9H7N.C6H11N2.C3H9O3P/c1-2-6-9-8(4-1)5-3-7-10-9;1-6-7(2)4-5-8(6)3;1-4-7(5-2)6-3/h1-7H;4-5H,1-3H3;1-3H3/q;+1;. The van der Waals surface area contributed by atoms with Crippen LogP contribution in [0.25, 0.3) is 10.9 Å². The first-order valence-electron chi connectivity index (χ1n) is 7.73. The molecule has 2 aromatic heterocycles. The minimum Gasteiger partial charge on any atom is -0.316 e. The molecule has 0 bridgehead atoms. The normalized spacial score (nSPS) is 10.0. The predicted molar refractivity (Wildman–Crippen MR) is 101 cm³/mol. The van der Waals surface area contributed by atoms with Crippen LogP contribution in [0.5, 0.6) is 0 Å². The summed E-state index contributed by atoms with van der Waals surface area (Å²) in [6.07, 6.45) is 5.88. The van der Waals surface area contributed by atoms with Gasteiger partial charge in [0.25, 0.3) is 5.82 Å². The molecule has 2 heterocycles. The molecule has 0 spiro atoms. The van der Waals surface area contributed by atoms with Crippen molar-refractivity contribution in [2.24, 2.45) is 14.1 Å². The Kier molecular flexibility index (Phi) is 9.88. The Hall–Kier alpha value is -1.85. The van der Waals surface area contributed by atoms with E-state index in [1.54, 1.807) is 21.3 Å². The number of imidazole rings is 1. The van der Waals surface area contributed by atoms with Crippen molar-refractivity contribution in [1.29, 1.82) is 0 Å². The molecule has 0 fully saturated rings. The Bertz CT molecular complexity index is 655. The molecular formula is C18H27N3O3P+. The number of aromatic nitrogens is 3. The van der Waals surface area contributed by atoms with E-state index in [9.17, 15) is 0 Å². The van der Waals surface area contributed by atoms with Gasteiger partial charge in [-0.2, -0.15) is 0 Å². The van der Waals surface area contributed by atoms with Gasteiger partial charge >= 0.3 is 8.60 Å². The molecular weight excluding hydrogens is 337 g/mol. The third kappa shape index (κ3) is 7.28. The first-order chi connectivity index (χ1) is 12.0. The van der Waals surface area contributed by atoms with Crippen molar-refractivity contribution in [1.82, 2.24) is 9.55 Å². The summed E-state index contributed by atoms with van der Waals surface area (Å²) >= 11 is 0. The fourth-order valence-corrected chi connectivity index (χ4v) is 2.35. The third-order valence-electron chi connectivity index (χ3n) is 3.49. The largest absolute Gasteiger partial charge is 0.331 e. The molecule has 7 heteroatoms. The second-order valence-corrected chi connectivity index (χ2v) is 6.58. The number of aryl methyl sites for hydroxylation is 2. The van der Waals surface area contributed by atoms with Crippen LogP contribution in [0, 0.1) is 6.92 Å². The maximum atomic E-state index is 4.67. The van der Waals surface area contributed by atoms with Crippen LogP contribution in [0.2, 0.25) is 0 Å².